The highest BCUT2D eigenvalue weighted by molar-refractivity contribution is 5.88. The van der Waals surface area contributed by atoms with Crippen LogP contribution in [0.15, 0.2) is 39.5 Å². The summed E-state index contributed by atoms with van der Waals surface area (Å²) in [6.45, 7) is 0.953. The van der Waals surface area contributed by atoms with Crippen LogP contribution >= 0.6 is 0 Å². The summed E-state index contributed by atoms with van der Waals surface area (Å²) >= 11 is 0. The number of benzene rings is 2. The lowest BCUT2D eigenvalue weighted by atomic mass is 9.99. The van der Waals surface area contributed by atoms with E-state index >= 15 is 0 Å². The summed E-state index contributed by atoms with van der Waals surface area (Å²) in [5.74, 6) is -3.14. The molecular weight excluding hydrogens is 552 g/mol. The Hall–Kier alpha value is -3.67. The minimum absolute atomic E-state index is 0.00203. The van der Waals surface area contributed by atoms with Crippen LogP contribution in [0.4, 0.5) is 0 Å². The Balaban J connectivity index is 1.61. The molecule has 15 heteroatoms. The number of aliphatic hydroxyl groups excluding tert-OH is 5. The molecule has 41 heavy (non-hydrogen) atoms. The molecular formula is C26H28O15. The van der Waals surface area contributed by atoms with Crippen molar-refractivity contribution in [2.24, 2.45) is 0 Å². The lowest BCUT2D eigenvalue weighted by Gasteiger charge is -2.44. The van der Waals surface area contributed by atoms with E-state index in [2.05, 4.69) is 0 Å². The topological polar surface area (TPSA) is 249 Å². The van der Waals surface area contributed by atoms with Gasteiger partial charge in [0.1, 0.15) is 53.0 Å². The van der Waals surface area contributed by atoms with Crippen LogP contribution in [-0.4, -0.2) is 108 Å². The molecule has 0 aliphatic carbocycles. The number of ether oxygens (including phenoxy) is 4. The fraction of sp³-hybridized carbons (Fsp3) is 0.423. The summed E-state index contributed by atoms with van der Waals surface area (Å²) in [4.78, 5) is 13.7. The minimum atomic E-state index is -1.78. The number of hydrogen-bond acceptors (Lipinski definition) is 15. The van der Waals surface area contributed by atoms with E-state index in [0.29, 0.717) is 0 Å². The fourth-order valence-corrected chi connectivity index (χ4v) is 4.64. The third kappa shape index (κ3) is 5.25. The molecule has 15 nitrogen and oxygen atoms in total. The SMILES string of the molecule is CC1O[C@@H](Oc2c(-c3ccc(O)c(O)c3)oc3cc(O)cc(O)c3c2=O)[C@@H](O[C@@H]2OC[C@@H](O)C(O)[C@H]2O)C(O)[C@H]1O. The lowest BCUT2D eigenvalue weighted by Crippen LogP contribution is -2.62. The van der Waals surface area contributed by atoms with Gasteiger partial charge in [-0.25, -0.2) is 0 Å². The summed E-state index contributed by atoms with van der Waals surface area (Å²) in [5.41, 5.74) is -1.24. The number of hydrogen-bond donors (Lipinski definition) is 9. The molecule has 0 amide bonds. The second-order valence-corrected chi connectivity index (χ2v) is 9.79. The van der Waals surface area contributed by atoms with E-state index in [1.807, 2.05) is 0 Å². The first-order valence-electron chi connectivity index (χ1n) is 12.4. The van der Waals surface area contributed by atoms with Crippen molar-refractivity contribution in [2.75, 3.05) is 6.61 Å². The lowest BCUT2D eigenvalue weighted by molar-refractivity contribution is -0.341. The Morgan fingerprint density at radius 3 is 2.27 bits per heavy atom. The van der Waals surface area contributed by atoms with Crippen molar-refractivity contribution in [2.45, 2.75) is 62.2 Å². The minimum Gasteiger partial charge on any atom is -0.508 e. The number of phenols is 4. The van der Waals surface area contributed by atoms with Crippen LogP contribution in [0.25, 0.3) is 22.3 Å². The van der Waals surface area contributed by atoms with E-state index in [1.54, 1.807) is 0 Å². The molecule has 2 aliphatic heterocycles. The molecule has 2 aromatic carbocycles. The first kappa shape index (κ1) is 28.8. The Morgan fingerprint density at radius 2 is 1.56 bits per heavy atom. The second-order valence-electron chi connectivity index (χ2n) is 9.79. The highest BCUT2D eigenvalue weighted by atomic mass is 16.8. The van der Waals surface area contributed by atoms with Crippen molar-refractivity contribution in [1.82, 2.24) is 0 Å². The average Bonchev–Trinajstić information content (AvgIpc) is 2.92. The largest absolute Gasteiger partial charge is 0.508 e. The maximum atomic E-state index is 13.7. The van der Waals surface area contributed by atoms with Gasteiger partial charge in [0.2, 0.25) is 17.5 Å². The molecule has 2 saturated heterocycles. The van der Waals surface area contributed by atoms with Crippen molar-refractivity contribution in [3.8, 4) is 40.1 Å². The second kappa shape index (κ2) is 11.0. The quantitative estimate of drug-likeness (QED) is 0.163. The fourth-order valence-electron chi connectivity index (χ4n) is 4.64. The molecule has 2 aliphatic rings. The maximum absolute atomic E-state index is 13.7. The molecule has 3 aromatic rings. The Bertz CT molecular complexity index is 1490. The third-order valence-electron chi connectivity index (χ3n) is 6.92. The number of rotatable bonds is 5. The number of phenolic OH excluding ortho intramolecular Hbond substituents is 4. The smallest absolute Gasteiger partial charge is 0.239 e. The van der Waals surface area contributed by atoms with E-state index < -0.39 is 101 Å². The van der Waals surface area contributed by atoms with Gasteiger partial charge in [-0.1, -0.05) is 0 Å². The molecule has 222 valence electrons. The number of aromatic hydroxyl groups is 4. The van der Waals surface area contributed by atoms with Crippen LogP contribution in [0, 0.1) is 0 Å². The zero-order chi connectivity index (χ0) is 29.7. The molecule has 2 fully saturated rings. The van der Waals surface area contributed by atoms with Crippen LogP contribution in [0.5, 0.6) is 28.7 Å². The summed E-state index contributed by atoms with van der Waals surface area (Å²) in [6.07, 6.45) is -14.3. The standard InChI is InChI=1S/C26H28O15/c1-8-17(32)20(35)24(41-25-21(36)18(33)14(31)7-37-25)26(38-8)40-23-19(34)16-13(30)5-10(27)6-15(16)39-22(23)9-2-3-11(28)12(29)4-9/h2-6,8,14,17-18,20-21,24-33,35-36H,7H2,1H3/t8?,14-,17+,18?,20?,21-,24+,25+,26+/m1/s1. The van der Waals surface area contributed by atoms with Crippen LogP contribution in [-0.2, 0) is 14.2 Å². The highest BCUT2D eigenvalue weighted by Crippen LogP contribution is 2.39. The molecule has 0 spiro atoms. The van der Waals surface area contributed by atoms with E-state index in [-0.39, 0.29) is 16.9 Å². The molecule has 0 radical (unpaired) electrons. The summed E-state index contributed by atoms with van der Waals surface area (Å²) in [6, 6.07) is 5.36. The van der Waals surface area contributed by atoms with Gasteiger partial charge in [-0.2, -0.15) is 0 Å². The Morgan fingerprint density at radius 1 is 0.829 bits per heavy atom. The van der Waals surface area contributed by atoms with Gasteiger partial charge in [0.05, 0.1) is 12.7 Å². The molecule has 9 N–H and O–H groups in total. The van der Waals surface area contributed by atoms with Gasteiger partial charge in [0.15, 0.2) is 29.7 Å². The van der Waals surface area contributed by atoms with Gasteiger partial charge in [0, 0.05) is 17.7 Å². The van der Waals surface area contributed by atoms with E-state index in [9.17, 15) is 50.8 Å². The normalized spacial score (nSPS) is 32.2. The van der Waals surface area contributed by atoms with E-state index in [4.69, 9.17) is 23.4 Å². The molecule has 1 aromatic heterocycles. The predicted octanol–water partition coefficient (Wildman–Crippen LogP) is -1.05. The highest BCUT2D eigenvalue weighted by Gasteiger charge is 2.49. The van der Waals surface area contributed by atoms with Gasteiger partial charge in [-0.15, -0.1) is 0 Å². The summed E-state index contributed by atoms with van der Waals surface area (Å²) in [7, 11) is 0. The van der Waals surface area contributed by atoms with Gasteiger partial charge < -0.3 is 69.3 Å². The third-order valence-corrected chi connectivity index (χ3v) is 6.92. The van der Waals surface area contributed by atoms with Gasteiger partial charge in [0.25, 0.3) is 0 Å². The molecule has 5 rings (SSSR count). The number of aliphatic hydroxyl groups is 5. The van der Waals surface area contributed by atoms with Crippen molar-refractivity contribution in [1.29, 1.82) is 0 Å². The van der Waals surface area contributed by atoms with E-state index in [0.717, 1.165) is 24.3 Å². The zero-order valence-electron chi connectivity index (χ0n) is 21.3. The molecule has 9 atom stereocenters. The predicted molar refractivity (Wildman–Crippen MR) is 134 cm³/mol. The van der Waals surface area contributed by atoms with Crippen molar-refractivity contribution >= 4 is 11.0 Å². The monoisotopic (exact) mass is 580 g/mol. The van der Waals surface area contributed by atoms with Crippen LogP contribution < -0.4 is 10.2 Å². The van der Waals surface area contributed by atoms with Crippen molar-refractivity contribution in [3.05, 3.63) is 40.6 Å². The first-order valence-corrected chi connectivity index (χ1v) is 12.4. The molecule has 0 saturated carbocycles. The first-order chi connectivity index (χ1) is 19.4. The Labute approximate surface area is 230 Å². The molecule has 3 heterocycles. The van der Waals surface area contributed by atoms with Crippen LogP contribution in [0.2, 0.25) is 0 Å². The van der Waals surface area contributed by atoms with Gasteiger partial charge in [-0.3, -0.25) is 4.79 Å². The van der Waals surface area contributed by atoms with Gasteiger partial charge in [-0.05, 0) is 25.1 Å². The molecule has 0 bridgehead atoms. The average molecular weight is 580 g/mol. The zero-order valence-corrected chi connectivity index (χ0v) is 21.3. The van der Waals surface area contributed by atoms with E-state index in [1.165, 1.54) is 13.0 Å². The van der Waals surface area contributed by atoms with Crippen molar-refractivity contribution in [3.63, 3.8) is 0 Å². The molecule has 3 unspecified atom stereocenters. The summed E-state index contributed by atoms with van der Waals surface area (Å²) < 4.78 is 28.2. The van der Waals surface area contributed by atoms with Crippen LogP contribution in [0.3, 0.4) is 0 Å². The number of fused-ring (bicyclic) bond motifs is 1. The van der Waals surface area contributed by atoms with Crippen molar-refractivity contribution < 1.29 is 69.3 Å². The Kier molecular flexibility index (Phi) is 7.71. The van der Waals surface area contributed by atoms with Gasteiger partial charge >= 0.3 is 0 Å². The summed E-state index contributed by atoms with van der Waals surface area (Å²) in [5, 5.41) is 91.1. The van der Waals surface area contributed by atoms with Crippen LogP contribution in [0.1, 0.15) is 6.92 Å². The maximum Gasteiger partial charge on any atom is 0.239 e.